The molecule has 2 spiro atoms. The molecular weight excluding hydrogens is 438 g/mol. The Morgan fingerprint density at radius 3 is 2.76 bits per heavy atom. The minimum absolute atomic E-state index is 0.00734. The molecule has 2 aromatic rings. The Labute approximate surface area is 197 Å². The van der Waals surface area contributed by atoms with E-state index >= 15 is 0 Å². The van der Waals surface area contributed by atoms with Crippen LogP contribution in [0.1, 0.15) is 45.4 Å². The van der Waals surface area contributed by atoms with Crippen molar-refractivity contribution in [2.75, 3.05) is 41.0 Å². The molecule has 3 fully saturated rings. The summed E-state index contributed by atoms with van der Waals surface area (Å²) in [5, 5.41) is 7.11. The quantitative estimate of drug-likeness (QED) is 0.625. The molecule has 2 saturated heterocycles. The van der Waals surface area contributed by atoms with Crippen LogP contribution in [0, 0.1) is 5.41 Å². The maximum atomic E-state index is 12.4. The first kappa shape index (κ1) is 21.0. The smallest absolute Gasteiger partial charge is 0.226 e. The Kier molecular flexibility index (Phi) is 4.91. The van der Waals surface area contributed by atoms with E-state index in [1.807, 2.05) is 6.07 Å². The maximum absolute atomic E-state index is 12.4. The Hall–Kier alpha value is -2.59. The number of nitrogens with one attached hydrogen (secondary N) is 2. The van der Waals surface area contributed by atoms with Gasteiger partial charge in [-0.15, -0.1) is 0 Å². The molecule has 1 aliphatic carbocycles. The van der Waals surface area contributed by atoms with Crippen LogP contribution in [-0.4, -0.2) is 52.2 Å². The van der Waals surface area contributed by atoms with E-state index in [9.17, 15) is 4.79 Å². The third-order valence-corrected chi connectivity index (χ3v) is 8.48. The predicted octanol–water partition coefficient (Wildman–Crippen LogP) is 3.29. The van der Waals surface area contributed by atoms with Crippen molar-refractivity contribution in [3.63, 3.8) is 0 Å². The van der Waals surface area contributed by atoms with Gasteiger partial charge in [0.25, 0.3) is 0 Å². The van der Waals surface area contributed by atoms with Gasteiger partial charge in [-0.05, 0) is 50.5 Å². The number of anilines is 4. The van der Waals surface area contributed by atoms with Gasteiger partial charge in [-0.25, -0.2) is 15.0 Å². The zero-order valence-electron chi connectivity index (χ0n) is 18.8. The fourth-order valence-electron chi connectivity index (χ4n) is 5.31. The highest BCUT2D eigenvalue weighted by molar-refractivity contribution is 7.99. The molecule has 0 unspecified atom stereocenters. The SMILES string of the molecule is C[C@H]1CC2(CCN(c3cnc(Sc4ccnc5c4NC(=O)CC4(CC4)N5)c(N)n3)CC2)CO1. The number of hydrogen-bond acceptors (Lipinski definition) is 9. The van der Waals surface area contributed by atoms with E-state index in [2.05, 4.69) is 37.4 Å². The molecule has 1 amide bonds. The number of piperidine rings is 1. The molecule has 4 N–H and O–H groups in total. The summed E-state index contributed by atoms with van der Waals surface area (Å²) in [7, 11) is 0. The standard InChI is InChI=1S/C23H29N7O2S/c1-14-10-22(13-32-14)5-8-30(9-6-22)16-12-26-21(19(24)27-16)33-15-2-7-25-20-18(15)28-17(31)11-23(29-20)3-4-23/h2,7,12,14H,3-6,8-11,13H2,1H3,(H2,24,27)(H,25,29)(H,28,31)/t14-/m0/s1. The molecule has 3 aliphatic heterocycles. The normalized spacial score (nSPS) is 24.8. The zero-order chi connectivity index (χ0) is 22.6. The molecule has 174 valence electrons. The van der Waals surface area contributed by atoms with E-state index in [0.29, 0.717) is 40.3 Å². The van der Waals surface area contributed by atoms with Crippen LogP contribution in [0.5, 0.6) is 0 Å². The van der Waals surface area contributed by atoms with Crippen LogP contribution < -0.4 is 21.3 Å². The lowest BCUT2D eigenvalue weighted by Gasteiger charge is -2.38. The lowest BCUT2D eigenvalue weighted by molar-refractivity contribution is -0.116. The fourth-order valence-corrected chi connectivity index (χ4v) is 6.15. The molecule has 33 heavy (non-hydrogen) atoms. The van der Waals surface area contributed by atoms with E-state index in [4.69, 9.17) is 10.5 Å². The van der Waals surface area contributed by atoms with Crippen LogP contribution >= 0.6 is 11.8 Å². The van der Waals surface area contributed by atoms with Crippen molar-refractivity contribution in [3.8, 4) is 0 Å². The highest BCUT2D eigenvalue weighted by atomic mass is 32.2. The number of aromatic nitrogens is 3. The molecular formula is C23H29N7O2S. The van der Waals surface area contributed by atoms with Crippen molar-refractivity contribution in [1.82, 2.24) is 15.0 Å². The number of hydrogen-bond donors (Lipinski definition) is 3. The lowest BCUT2D eigenvalue weighted by atomic mass is 9.77. The first-order chi connectivity index (χ1) is 15.9. The minimum Gasteiger partial charge on any atom is -0.381 e. The number of amides is 1. The van der Waals surface area contributed by atoms with Gasteiger partial charge in [-0.1, -0.05) is 11.8 Å². The number of nitrogen functional groups attached to an aromatic ring is 1. The second-order valence-electron chi connectivity index (χ2n) is 10.00. The molecule has 6 rings (SSSR count). The summed E-state index contributed by atoms with van der Waals surface area (Å²) in [6.07, 6.45) is 9.71. The molecule has 9 nitrogen and oxygen atoms in total. The third kappa shape index (κ3) is 3.99. The van der Waals surface area contributed by atoms with Crippen molar-refractivity contribution in [3.05, 3.63) is 18.5 Å². The van der Waals surface area contributed by atoms with Gasteiger partial charge in [-0.2, -0.15) is 0 Å². The summed E-state index contributed by atoms with van der Waals surface area (Å²) >= 11 is 1.40. The van der Waals surface area contributed by atoms with Crippen LogP contribution in [-0.2, 0) is 9.53 Å². The van der Waals surface area contributed by atoms with Gasteiger partial charge in [0, 0.05) is 36.1 Å². The largest absolute Gasteiger partial charge is 0.381 e. The van der Waals surface area contributed by atoms with Crippen molar-refractivity contribution >= 4 is 40.8 Å². The molecule has 10 heteroatoms. The molecule has 1 saturated carbocycles. The highest BCUT2D eigenvalue weighted by Gasteiger charge is 2.47. The Morgan fingerprint density at radius 1 is 1.24 bits per heavy atom. The van der Waals surface area contributed by atoms with Gasteiger partial charge in [0.05, 0.1) is 24.6 Å². The van der Waals surface area contributed by atoms with Crippen LogP contribution in [0.25, 0.3) is 0 Å². The maximum Gasteiger partial charge on any atom is 0.226 e. The fraction of sp³-hybridized carbons (Fsp3) is 0.565. The Bertz CT molecular complexity index is 1100. The molecule has 4 aliphatic rings. The first-order valence-electron chi connectivity index (χ1n) is 11.7. The number of pyridine rings is 1. The van der Waals surface area contributed by atoms with E-state index in [-0.39, 0.29) is 11.4 Å². The Morgan fingerprint density at radius 2 is 2.06 bits per heavy atom. The molecule has 5 heterocycles. The monoisotopic (exact) mass is 467 g/mol. The van der Waals surface area contributed by atoms with Crippen molar-refractivity contribution < 1.29 is 9.53 Å². The van der Waals surface area contributed by atoms with Crippen LogP contribution in [0.15, 0.2) is 28.4 Å². The third-order valence-electron chi connectivity index (χ3n) is 7.41. The van der Waals surface area contributed by atoms with Gasteiger partial charge in [-0.3, -0.25) is 4.79 Å². The summed E-state index contributed by atoms with van der Waals surface area (Å²) < 4.78 is 5.84. The van der Waals surface area contributed by atoms with Crippen LogP contribution in [0.3, 0.4) is 0 Å². The van der Waals surface area contributed by atoms with Crippen molar-refractivity contribution in [2.24, 2.45) is 5.41 Å². The van der Waals surface area contributed by atoms with Gasteiger partial charge in [0.2, 0.25) is 5.91 Å². The van der Waals surface area contributed by atoms with E-state index in [1.54, 1.807) is 12.4 Å². The van der Waals surface area contributed by atoms with Gasteiger partial charge >= 0.3 is 0 Å². The zero-order valence-corrected chi connectivity index (χ0v) is 19.6. The minimum atomic E-state index is -0.137. The molecule has 2 aromatic heterocycles. The summed E-state index contributed by atoms with van der Waals surface area (Å²) in [6, 6.07) is 1.88. The molecule has 0 bridgehead atoms. The van der Waals surface area contributed by atoms with Gasteiger partial charge < -0.3 is 26.0 Å². The summed E-state index contributed by atoms with van der Waals surface area (Å²) in [6.45, 7) is 4.91. The summed E-state index contributed by atoms with van der Waals surface area (Å²) in [5.41, 5.74) is 7.21. The second-order valence-corrected chi connectivity index (χ2v) is 11.0. The topological polar surface area (TPSA) is 118 Å². The number of rotatable bonds is 3. The number of fused-ring (bicyclic) bond motifs is 1. The van der Waals surface area contributed by atoms with Gasteiger partial charge in [0.1, 0.15) is 10.8 Å². The van der Waals surface area contributed by atoms with Crippen molar-refractivity contribution in [2.45, 2.75) is 67.0 Å². The van der Waals surface area contributed by atoms with E-state index < -0.39 is 0 Å². The lowest BCUT2D eigenvalue weighted by Crippen LogP contribution is -2.41. The number of carbonyl (C=O) groups is 1. The Balaban J connectivity index is 1.18. The van der Waals surface area contributed by atoms with Gasteiger partial charge in [0.15, 0.2) is 11.6 Å². The molecule has 1 atom stereocenters. The molecule has 0 radical (unpaired) electrons. The highest BCUT2D eigenvalue weighted by Crippen LogP contribution is 2.47. The summed E-state index contributed by atoms with van der Waals surface area (Å²) in [4.78, 5) is 29.3. The first-order valence-corrected chi connectivity index (χ1v) is 12.5. The summed E-state index contributed by atoms with van der Waals surface area (Å²) in [5.74, 6) is 1.93. The number of nitrogens with zero attached hydrogens (tertiary/aromatic N) is 4. The predicted molar refractivity (Wildman–Crippen MR) is 128 cm³/mol. The van der Waals surface area contributed by atoms with Crippen molar-refractivity contribution in [1.29, 1.82) is 0 Å². The number of nitrogens with two attached hydrogens (primary N) is 1. The van der Waals surface area contributed by atoms with Crippen LogP contribution in [0.2, 0.25) is 0 Å². The molecule has 0 aromatic carbocycles. The number of ether oxygens (including phenoxy) is 1. The average Bonchev–Trinajstić information content (AvgIpc) is 3.48. The van der Waals surface area contributed by atoms with Crippen LogP contribution in [0.4, 0.5) is 23.1 Å². The number of carbonyl (C=O) groups excluding carboxylic acids is 1. The van der Waals surface area contributed by atoms with E-state index in [1.165, 1.54) is 11.8 Å². The second kappa shape index (κ2) is 7.73. The van der Waals surface area contributed by atoms with E-state index in [0.717, 1.165) is 62.5 Å². The average molecular weight is 468 g/mol.